The lowest BCUT2D eigenvalue weighted by atomic mass is 10.3. The van der Waals surface area contributed by atoms with E-state index in [4.69, 9.17) is 0 Å². The Morgan fingerprint density at radius 3 is 3.13 bits per heavy atom. The Hall–Kier alpha value is -1.62. The zero-order valence-electron chi connectivity index (χ0n) is 8.21. The maximum atomic E-state index is 11.0. The molecule has 0 atom stereocenters. The van der Waals surface area contributed by atoms with Gasteiger partial charge in [0.2, 0.25) is 0 Å². The van der Waals surface area contributed by atoms with Crippen LogP contribution in [0.1, 0.15) is 0 Å². The molecule has 0 aromatic carbocycles. The van der Waals surface area contributed by atoms with Gasteiger partial charge in [0.1, 0.15) is 12.2 Å². The summed E-state index contributed by atoms with van der Waals surface area (Å²) < 4.78 is 6.13. The van der Waals surface area contributed by atoms with Gasteiger partial charge in [-0.05, 0) is 17.5 Å². The van der Waals surface area contributed by atoms with Gasteiger partial charge in [-0.3, -0.25) is 9.48 Å². The van der Waals surface area contributed by atoms with Gasteiger partial charge in [-0.1, -0.05) is 6.07 Å². The lowest BCUT2D eigenvalue weighted by Gasteiger charge is -1.98. The molecule has 0 amide bonds. The second-order valence-electron chi connectivity index (χ2n) is 2.95. The fourth-order valence-corrected chi connectivity index (χ4v) is 1.89. The van der Waals surface area contributed by atoms with Crippen LogP contribution in [0.25, 0.3) is 10.6 Å². The minimum absolute atomic E-state index is 0.155. The first-order chi connectivity index (χ1) is 7.29. The van der Waals surface area contributed by atoms with Crippen LogP contribution in [-0.4, -0.2) is 22.9 Å². The Labute approximate surface area is 91.1 Å². The topological polar surface area (TPSA) is 44.1 Å². The fourth-order valence-electron chi connectivity index (χ4n) is 1.20. The van der Waals surface area contributed by atoms with Crippen LogP contribution in [-0.2, 0) is 16.1 Å². The Balaban J connectivity index is 2.14. The maximum Gasteiger partial charge on any atom is 0.327 e. The predicted octanol–water partition coefficient (Wildman–Crippen LogP) is 1.78. The highest BCUT2D eigenvalue weighted by molar-refractivity contribution is 7.13. The number of esters is 1. The van der Waals surface area contributed by atoms with Crippen LogP contribution >= 0.6 is 11.3 Å². The molecule has 0 spiro atoms. The predicted molar refractivity (Wildman–Crippen MR) is 57.6 cm³/mol. The summed E-state index contributed by atoms with van der Waals surface area (Å²) in [6.07, 6.45) is 1.77. The van der Waals surface area contributed by atoms with E-state index in [0.29, 0.717) is 0 Å². The summed E-state index contributed by atoms with van der Waals surface area (Å²) in [6.45, 7) is 0.155. The summed E-state index contributed by atoms with van der Waals surface area (Å²) in [7, 11) is 1.37. The molecule has 15 heavy (non-hydrogen) atoms. The second kappa shape index (κ2) is 4.27. The smallest absolute Gasteiger partial charge is 0.327 e. The van der Waals surface area contributed by atoms with Crippen LogP contribution < -0.4 is 0 Å². The van der Waals surface area contributed by atoms with Crippen molar-refractivity contribution < 1.29 is 9.53 Å². The number of carbonyl (C=O) groups is 1. The van der Waals surface area contributed by atoms with E-state index in [0.717, 1.165) is 10.6 Å². The van der Waals surface area contributed by atoms with Crippen molar-refractivity contribution in [1.82, 2.24) is 9.78 Å². The van der Waals surface area contributed by atoms with Crippen LogP contribution in [0.4, 0.5) is 0 Å². The molecule has 2 aromatic heterocycles. The zero-order chi connectivity index (χ0) is 10.7. The number of hydrogen-bond donors (Lipinski definition) is 0. The summed E-state index contributed by atoms with van der Waals surface area (Å²) in [6, 6.07) is 5.85. The standard InChI is InChI=1S/C10H10N2O2S/c1-14-10(13)7-12-5-4-8(11-12)9-3-2-6-15-9/h2-6H,7H2,1H3. The highest BCUT2D eigenvalue weighted by Gasteiger charge is 2.06. The summed E-state index contributed by atoms with van der Waals surface area (Å²) in [5, 5.41) is 6.26. The number of aromatic nitrogens is 2. The molecule has 5 heteroatoms. The molecule has 2 aromatic rings. The second-order valence-corrected chi connectivity index (χ2v) is 3.90. The van der Waals surface area contributed by atoms with Crippen molar-refractivity contribution >= 4 is 17.3 Å². The molecule has 0 fully saturated rings. The largest absolute Gasteiger partial charge is 0.468 e. The van der Waals surface area contributed by atoms with E-state index in [-0.39, 0.29) is 12.5 Å². The van der Waals surface area contributed by atoms with Crippen LogP contribution in [0.3, 0.4) is 0 Å². The molecule has 0 saturated heterocycles. The van der Waals surface area contributed by atoms with Gasteiger partial charge in [-0.25, -0.2) is 0 Å². The van der Waals surface area contributed by atoms with E-state index < -0.39 is 0 Å². The molecule has 0 aliphatic carbocycles. The molecule has 4 nitrogen and oxygen atoms in total. The quantitative estimate of drug-likeness (QED) is 0.743. The van der Waals surface area contributed by atoms with Gasteiger partial charge in [0, 0.05) is 6.20 Å². The van der Waals surface area contributed by atoms with Crippen molar-refractivity contribution in [2.75, 3.05) is 7.11 Å². The molecule has 2 rings (SSSR count). The molecule has 0 radical (unpaired) electrons. The third-order valence-electron chi connectivity index (χ3n) is 1.93. The molecule has 0 N–H and O–H groups in total. The summed E-state index contributed by atoms with van der Waals surface area (Å²) in [4.78, 5) is 12.1. The van der Waals surface area contributed by atoms with Crippen molar-refractivity contribution in [3.05, 3.63) is 29.8 Å². The number of thiophene rings is 1. The average Bonchev–Trinajstić information content (AvgIpc) is 2.85. The van der Waals surface area contributed by atoms with Crippen LogP contribution in [0.15, 0.2) is 29.8 Å². The normalized spacial score (nSPS) is 10.2. The van der Waals surface area contributed by atoms with Gasteiger partial charge in [0.15, 0.2) is 0 Å². The van der Waals surface area contributed by atoms with E-state index in [1.807, 2.05) is 23.6 Å². The molecule has 0 unspecified atom stereocenters. The summed E-state index contributed by atoms with van der Waals surface area (Å²) in [5.74, 6) is -0.296. The molecule has 0 aliphatic heterocycles. The SMILES string of the molecule is COC(=O)Cn1ccc(-c2cccs2)n1. The van der Waals surface area contributed by atoms with Crippen molar-refractivity contribution in [1.29, 1.82) is 0 Å². The Morgan fingerprint density at radius 1 is 1.60 bits per heavy atom. The number of rotatable bonds is 3. The van der Waals surface area contributed by atoms with Crippen molar-refractivity contribution in [3.63, 3.8) is 0 Å². The summed E-state index contributed by atoms with van der Waals surface area (Å²) in [5.41, 5.74) is 0.883. The fraction of sp³-hybridized carbons (Fsp3) is 0.200. The number of methoxy groups -OCH3 is 1. The number of carbonyl (C=O) groups excluding carboxylic acids is 1. The highest BCUT2D eigenvalue weighted by Crippen LogP contribution is 2.22. The molecular formula is C10H10N2O2S. The molecule has 0 aliphatic rings. The third-order valence-corrected chi connectivity index (χ3v) is 2.83. The number of hydrogen-bond acceptors (Lipinski definition) is 4. The molecule has 0 saturated carbocycles. The van der Waals surface area contributed by atoms with Crippen LogP contribution in [0.2, 0.25) is 0 Å². The lowest BCUT2D eigenvalue weighted by molar-refractivity contribution is -0.141. The first kappa shape index (κ1) is 9.92. The minimum atomic E-state index is -0.296. The molecule has 2 heterocycles. The molecular weight excluding hydrogens is 212 g/mol. The third kappa shape index (κ3) is 2.24. The van der Waals surface area contributed by atoms with E-state index in [9.17, 15) is 4.79 Å². The van der Waals surface area contributed by atoms with E-state index in [2.05, 4.69) is 9.84 Å². The number of nitrogens with zero attached hydrogens (tertiary/aromatic N) is 2. The van der Waals surface area contributed by atoms with Gasteiger partial charge in [-0.2, -0.15) is 5.10 Å². The van der Waals surface area contributed by atoms with Gasteiger partial charge in [0.25, 0.3) is 0 Å². The molecule has 78 valence electrons. The van der Waals surface area contributed by atoms with Crippen molar-refractivity contribution in [3.8, 4) is 10.6 Å². The van der Waals surface area contributed by atoms with Gasteiger partial charge in [0.05, 0.1) is 12.0 Å². The zero-order valence-corrected chi connectivity index (χ0v) is 9.03. The van der Waals surface area contributed by atoms with Crippen LogP contribution in [0, 0.1) is 0 Å². The Morgan fingerprint density at radius 2 is 2.47 bits per heavy atom. The van der Waals surface area contributed by atoms with Gasteiger partial charge in [-0.15, -0.1) is 11.3 Å². The van der Waals surface area contributed by atoms with Gasteiger partial charge < -0.3 is 4.74 Å². The number of ether oxygens (including phenoxy) is 1. The molecule has 0 bridgehead atoms. The van der Waals surface area contributed by atoms with Crippen LogP contribution in [0.5, 0.6) is 0 Å². The Kier molecular flexibility index (Phi) is 2.82. The van der Waals surface area contributed by atoms with Crippen molar-refractivity contribution in [2.45, 2.75) is 6.54 Å². The monoisotopic (exact) mass is 222 g/mol. The van der Waals surface area contributed by atoms with Crippen molar-refractivity contribution in [2.24, 2.45) is 0 Å². The van der Waals surface area contributed by atoms with E-state index >= 15 is 0 Å². The highest BCUT2D eigenvalue weighted by atomic mass is 32.1. The van der Waals surface area contributed by atoms with Gasteiger partial charge >= 0.3 is 5.97 Å². The first-order valence-electron chi connectivity index (χ1n) is 4.44. The minimum Gasteiger partial charge on any atom is -0.468 e. The first-order valence-corrected chi connectivity index (χ1v) is 5.31. The van der Waals surface area contributed by atoms with E-state index in [1.165, 1.54) is 7.11 Å². The van der Waals surface area contributed by atoms with E-state index in [1.54, 1.807) is 22.2 Å². The Bertz CT molecular complexity index is 448. The maximum absolute atomic E-state index is 11.0. The lowest BCUT2D eigenvalue weighted by Crippen LogP contribution is -2.11. The average molecular weight is 222 g/mol. The summed E-state index contributed by atoms with van der Waals surface area (Å²) >= 11 is 1.62.